The molecule has 1 N–H and O–H groups in total. The van der Waals surface area contributed by atoms with Crippen molar-refractivity contribution in [3.63, 3.8) is 0 Å². The van der Waals surface area contributed by atoms with Gasteiger partial charge < -0.3 is 5.32 Å². The molecule has 0 saturated carbocycles. The van der Waals surface area contributed by atoms with Gasteiger partial charge in [-0.2, -0.15) is 11.8 Å². The maximum atomic E-state index is 4.33. The maximum Gasteiger partial charge on any atom is 0.130 e. The average molecular weight is 237 g/mol. The molecule has 16 heavy (non-hydrogen) atoms. The lowest BCUT2D eigenvalue weighted by Crippen LogP contribution is -2.31. The summed E-state index contributed by atoms with van der Waals surface area (Å²) in [5.41, 5.74) is 1.28. The summed E-state index contributed by atoms with van der Waals surface area (Å²) < 4.78 is 0. The molecular weight excluding hydrogens is 218 g/mol. The van der Waals surface area contributed by atoms with E-state index in [4.69, 9.17) is 0 Å². The SMILES string of the molecule is CNc1ncccc1CN(C)C1CCSC1. The second kappa shape index (κ2) is 5.55. The van der Waals surface area contributed by atoms with Gasteiger partial charge in [0.2, 0.25) is 0 Å². The van der Waals surface area contributed by atoms with E-state index in [-0.39, 0.29) is 0 Å². The Hall–Kier alpha value is -0.740. The van der Waals surface area contributed by atoms with Crippen LogP contribution in [-0.2, 0) is 6.54 Å². The molecule has 4 heteroatoms. The van der Waals surface area contributed by atoms with Gasteiger partial charge in [-0.15, -0.1) is 0 Å². The number of rotatable bonds is 4. The number of hydrogen-bond acceptors (Lipinski definition) is 4. The number of aromatic nitrogens is 1. The molecule has 0 spiro atoms. The Kier molecular flexibility index (Phi) is 4.07. The first-order valence-corrected chi connectivity index (χ1v) is 6.86. The van der Waals surface area contributed by atoms with Gasteiger partial charge in [-0.05, 0) is 25.3 Å². The molecule has 88 valence electrons. The molecule has 0 aliphatic carbocycles. The standard InChI is InChI=1S/C12H19N3S/c1-13-12-10(4-3-6-14-12)8-15(2)11-5-7-16-9-11/h3-4,6,11H,5,7-9H2,1-2H3,(H,13,14). The quantitative estimate of drug-likeness (QED) is 0.867. The number of hydrogen-bond donors (Lipinski definition) is 1. The minimum Gasteiger partial charge on any atom is -0.373 e. The van der Waals surface area contributed by atoms with E-state index in [1.807, 2.05) is 19.3 Å². The summed E-state index contributed by atoms with van der Waals surface area (Å²) in [7, 11) is 4.14. The van der Waals surface area contributed by atoms with Crippen molar-refractivity contribution in [1.82, 2.24) is 9.88 Å². The molecule has 0 radical (unpaired) electrons. The summed E-state index contributed by atoms with van der Waals surface area (Å²) in [6, 6.07) is 4.89. The van der Waals surface area contributed by atoms with E-state index in [1.165, 1.54) is 23.5 Å². The summed E-state index contributed by atoms with van der Waals surface area (Å²) in [6.45, 7) is 0.981. The molecule has 1 saturated heterocycles. The third-order valence-electron chi connectivity index (χ3n) is 3.08. The number of anilines is 1. The van der Waals surface area contributed by atoms with Crippen molar-refractivity contribution in [1.29, 1.82) is 0 Å². The van der Waals surface area contributed by atoms with Gasteiger partial charge in [0.15, 0.2) is 0 Å². The van der Waals surface area contributed by atoms with E-state index in [1.54, 1.807) is 0 Å². The number of nitrogens with zero attached hydrogens (tertiary/aromatic N) is 2. The summed E-state index contributed by atoms with van der Waals surface area (Å²) in [4.78, 5) is 6.78. The van der Waals surface area contributed by atoms with Gasteiger partial charge in [0, 0.05) is 37.1 Å². The fraction of sp³-hybridized carbons (Fsp3) is 0.583. The van der Waals surface area contributed by atoms with Crippen LogP contribution >= 0.6 is 11.8 Å². The van der Waals surface area contributed by atoms with Crippen molar-refractivity contribution in [3.8, 4) is 0 Å². The molecule has 1 aliphatic rings. The lowest BCUT2D eigenvalue weighted by molar-refractivity contribution is 0.254. The van der Waals surface area contributed by atoms with Crippen molar-refractivity contribution >= 4 is 17.6 Å². The van der Waals surface area contributed by atoms with Gasteiger partial charge >= 0.3 is 0 Å². The lowest BCUT2D eigenvalue weighted by atomic mass is 10.2. The summed E-state index contributed by atoms with van der Waals surface area (Å²) >= 11 is 2.06. The van der Waals surface area contributed by atoms with Crippen LogP contribution in [-0.4, -0.2) is 41.5 Å². The van der Waals surface area contributed by atoms with Crippen LogP contribution in [0.1, 0.15) is 12.0 Å². The molecular formula is C12H19N3S. The largest absolute Gasteiger partial charge is 0.373 e. The fourth-order valence-electron chi connectivity index (χ4n) is 2.06. The summed E-state index contributed by atoms with van der Waals surface area (Å²) in [6.07, 6.45) is 3.15. The van der Waals surface area contributed by atoms with Crippen molar-refractivity contribution in [2.75, 3.05) is 30.9 Å². The predicted octanol–water partition coefficient (Wildman–Crippen LogP) is 2.06. The van der Waals surface area contributed by atoms with Crippen molar-refractivity contribution < 1.29 is 0 Å². The molecule has 0 aromatic carbocycles. The highest BCUT2D eigenvalue weighted by Gasteiger charge is 2.20. The molecule has 1 atom stereocenters. The first-order valence-electron chi connectivity index (χ1n) is 5.71. The molecule has 1 aromatic rings. The third-order valence-corrected chi connectivity index (χ3v) is 4.22. The highest BCUT2D eigenvalue weighted by atomic mass is 32.2. The van der Waals surface area contributed by atoms with Gasteiger partial charge in [0.05, 0.1) is 0 Å². The molecule has 3 nitrogen and oxygen atoms in total. The van der Waals surface area contributed by atoms with Crippen LogP contribution in [0.25, 0.3) is 0 Å². The first kappa shape index (κ1) is 11.7. The van der Waals surface area contributed by atoms with E-state index in [2.05, 4.69) is 40.1 Å². The minimum absolute atomic E-state index is 0.731. The van der Waals surface area contributed by atoms with Crippen molar-refractivity contribution in [2.45, 2.75) is 19.0 Å². The van der Waals surface area contributed by atoms with E-state index in [0.29, 0.717) is 0 Å². The number of nitrogens with one attached hydrogen (secondary N) is 1. The maximum absolute atomic E-state index is 4.33. The molecule has 2 heterocycles. The number of thioether (sulfide) groups is 1. The molecule has 0 amide bonds. The Morgan fingerprint density at radius 2 is 2.50 bits per heavy atom. The Bertz CT molecular complexity index is 337. The molecule has 1 unspecified atom stereocenters. The van der Waals surface area contributed by atoms with Crippen LogP contribution < -0.4 is 5.32 Å². The smallest absolute Gasteiger partial charge is 0.130 e. The van der Waals surface area contributed by atoms with Gasteiger partial charge in [-0.1, -0.05) is 6.07 Å². The van der Waals surface area contributed by atoms with Gasteiger partial charge in [-0.3, -0.25) is 4.90 Å². The van der Waals surface area contributed by atoms with E-state index in [0.717, 1.165) is 18.4 Å². The van der Waals surface area contributed by atoms with Crippen molar-refractivity contribution in [2.24, 2.45) is 0 Å². The van der Waals surface area contributed by atoms with Crippen LogP contribution in [0.3, 0.4) is 0 Å². The molecule has 1 aromatic heterocycles. The van der Waals surface area contributed by atoms with Crippen LogP contribution in [0.15, 0.2) is 18.3 Å². The Morgan fingerprint density at radius 1 is 1.62 bits per heavy atom. The normalized spacial score (nSPS) is 20.3. The predicted molar refractivity (Wildman–Crippen MR) is 71.0 cm³/mol. The third kappa shape index (κ3) is 2.68. The molecule has 2 rings (SSSR count). The Morgan fingerprint density at radius 3 is 3.19 bits per heavy atom. The lowest BCUT2D eigenvalue weighted by Gasteiger charge is -2.24. The highest BCUT2D eigenvalue weighted by Crippen LogP contribution is 2.23. The number of pyridine rings is 1. The van der Waals surface area contributed by atoms with Crippen LogP contribution in [0, 0.1) is 0 Å². The summed E-state index contributed by atoms with van der Waals surface area (Å²) in [5, 5.41) is 3.15. The Balaban J connectivity index is 2.01. The molecule has 1 fully saturated rings. The first-order chi connectivity index (χ1) is 7.81. The summed E-state index contributed by atoms with van der Waals surface area (Å²) in [5.74, 6) is 3.58. The van der Waals surface area contributed by atoms with E-state index < -0.39 is 0 Å². The zero-order valence-electron chi connectivity index (χ0n) is 9.94. The minimum atomic E-state index is 0.731. The topological polar surface area (TPSA) is 28.2 Å². The molecule has 0 bridgehead atoms. The van der Waals surface area contributed by atoms with Gasteiger partial charge in [-0.25, -0.2) is 4.98 Å². The Labute approximate surface area is 102 Å². The van der Waals surface area contributed by atoms with Crippen LogP contribution in [0.4, 0.5) is 5.82 Å². The second-order valence-electron chi connectivity index (χ2n) is 4.19. The van der Waals surface area contributed by atoms with E-state index >= 15 is 0 Å². The van der Waals surface area contributed by atoms with E-state index in [9.17, 15) is 0 Å². The van der Waals surface area contributed by atoms with Gasteiger partial charge in [0.1, 0.15) is 5.82 Å². The fourth-order valence-corrected chi connectivity index (χ4v) is 3.36. The zero-order chi connectivity index (χ0) is 11.4. The van der Waals surface area contributed by atoms with Gasteiger partial charge in [0.25, 0.3) is 0 Å². The van der Waals surface area contributed by atoms with Crippen molar-refractivity contribution in [3.05, 3.63) is 23.9 Å². The second-order valence-corrected chi connectivity index (χ2v) is 5.34. The van der Waals surface area contributed by atoms with Crippen LogP contribution in [0.2, 0.25) is 0 Å². The molecule has 1 aliphatic heterocycles. The highest BCUT2D eigenvalue weighted by molar-refractivity contribution is 7.99. The zero-order valence-corrected chi connectivity index (χ0v) is 10.8. The monoisotopic (exact) mass is 237 g/mol. The average Bonchev–Trinajstić information content (AvgIpc) is 2.83. The van der Waals surface area contributed by atoms with Crippen LogP contribution in [0.5, 0.6) is 0 Å².